The van der Waals surface area contributed by atoms with Crippen LogP contribution in [0.25, 0.3) is 0 Å². The molecule has 0 aliphatic heterocycles. The second-order valence-corrected chi connectivity index (χ2v) is 3.68. The van der Waals surface area contributed by atoms with Gasteiger partial charge in [0.05, 0.1) is 6.61 Å². The van der Waals surface area contributed by atoms with Gasteiger partial charge in [-0.25, -0.2) is 15.0 Å². The molecular formula is C13H15N3O4. The van der Waals surface area contributed by atoms with Crippen LogP contribution in [-0.2, 0) is 14.3 Å². The van der Waals surface area contributed by atoms with Crippen molar-refractivity contribution >= 4 is 29.2 Å². The normalized spacial score (nSPS) is 10.6. The lowest BCUT2D eigenvalue weighted by molar-refractivity contribution is -0.150. The molecule has 0 radical (unpaired) electrons. The van der Waals surface area contributed by atoms with Crippen molar-refractivity contribution in [2.45, 2.75) is 13.8 Å². The first-order valence-corrected chi connectivity index (χ1v) is 5.92. The first-order valence-electron chi connectivity index (χ1n) is 5.92. The maximum absolute atomic E-state index is 11.5. The molecule has 1 aromatic carbocycles. The third-order valence-corrected chi connectivity index (χ3v) is 2.15. The molecule has 0 unspecified atom stereocenters. The number of Topliss-reactive ketones (excluding diaryl/α,β-unsaturated/α-hetero) is 1. The zero-order valence-corrected chi connectivity index (χ0v) is 11.2. The molecule has 0 aliphatic carbocycles. The van der Waals surface area contributed by atoms with Gasteiger partial charge in [-0.3, -0.25) is 4.79 Å². The topological polar surface area (TPSA) is 96.9 Å². The Balaban J connectivity index is 2.52. The number of amides is 2. The van der Waals surface area contributed by atoms with Gasteiger partial charge in [0.25, 0.3) is 5.78 Å². The summed E-state index contributed by atoms with van der Waals surface area (Å²) >= 11 is 0. The Morgan fingerprint density at radius 3 is 2.45 bits per heavy atom. The van der Waals surface area contributed by atoms with Crippen LogP contribution >= 0.6 is 0 Å². The van der Waals surface area contributed by atoms with Crippen molar-refractivity contribution in [1.82, 2.24) is 5.43 Å². The predicted molar refractivity (Wildman–Crippen MR) is 73.3 cm³/mol. The van der Waals surface area contributed by atoms with E-state index in [2.05, 4.69) is 20.6 Å². The van der Waals surface area contributed by atoms with Gasteiger partial charge < -0.3 is 10.1 Å². The zero-order chi connectivity index (χ0) is 15.0. The minimum Gasteiger partial charge on any atom is -0.460 e. The van der Waals surface area contributed by atoms with Crippen molar-refractivity contribution in [3.8, 4) is 0 Å². The van der Waals surface area contributed by atoms with E-state index >= 15 is 0 Å². The number of para-hydroxylation sites is 1. The van der Waals surface area contributed by atoms with Crippen molar-refractivity contribution in [3.05, 3.63) is 30.3 Å². The van der Waals surface area contributed by atoms with E-state index in [1.165, 1.54) is 6.92 Å². The van der Waals surface area contributed by atoms with E-state index in [0.717, 1.165) is 0 Å². The van der Waals surface area contributed by atoms with E-state index < -0.39 is 17.8 Å². The Kier molecular flexibility index (Phi) is 5.89. The first kappa shape index (κ1) is 15.4. The van der Waals surface area contributed by atoms with Crippen LogP contribution in [0.15, 0.2) is 35.4 Å². The van der Waals surface area contributed by atoms with E-state index in [-0.39, 0.29) is 12.3 Å². The molecule has 0 atom stereocenters. The highest BCUT2D eigenvalue weighted by atomic mass is 16.5. The molecule has 20 heavy (non-hydrogen) atoms. The third kappa shape index (κ3) is 4.89. The van der Waals surface area contributed by atoms with E-state index in [1.54, 1.807) is 31.2 Å². The van der Waals surface area contributed by atoms with E-state index in [4.69, 9.17) is 0 Å². The molecule has 7 nitrogen and oxygen atoms in total. The van der Waals surface area contributed by atoms with Crippen molar-refractivity contribution in [3.63, 3.8) is 0 Å². The summed E-state index contributed by atoms with van der Waals surface area (Å²) in [6, 6.07) is 8.10. The van der Waals surface area contributed by atoms with E-state index in [1.807, 2.05) is 6.07 Å². The maximum Gasteiger partial charge on any atom is 0.381 e. The summed E-state index contributed by atoms with van der Waals surface area (Å²) in [7, 11) is 0. The molecule has 0 bridgehead atoms. The summed E-state index contributed by atoms with van der Waals surface area (Å²) in [6.45, 7) is 2.99. The number of benzene rings is 1. The van der Waals surface area contributed by atoms with Gasteiger partial charge in [-0.05, 0) is 26.0 Å². The van der Waals surface area contributed by atoms with Gasteiger partial charge >= 0.3 is 12.0 Å². The average molecular weight is 277 g/mol. The third-order valence-electron chi connectivity index (χ3n) is 2.15. The first-order chi connectivity index (χ1) is 9.54. The summed E-state index contributed by atoms with van der Waals surface area (Å²) in [6.07, 6.45) is 0. The monoisotopic (exact) mass is 277 g/mol. The highest BCUT2D eigenvalue weighted by Gasteiger charge is 2.18. The summed E-state index contributed by atoms with van der Waals surface area (Å²) in [5, 5.41) is 6.03. The minimum atomic E-state index is -1.00. The van der Waals surface area contributed by atoms with Crippen molar-refractivity contribution in [2.24, 2.45) is 5.10 Å². The Bertz CT molecular complexity index is 526. The lowest BCUT2D eigenvalue weighted by Crippen LogP contribution is -2.29. The van der Waals surface area contributed by atoms with Gasteiger partial charge in [0.2, 0.25) is 0 Å². The summed E-state index contributed by atoms with van der Waals surface area (Å²) in [4.78, 5) is 34.0. The Labute approximate surface area is 116 Å². The number of anilines is 1. The fourth-order valence-electron chi connectivity index (χ4n) is 1.21. The molecule has 0 spiro atoms. The number of urea groups is 1. The molecule has 1 aromatic rings. The molecule has 0 fully saturated rings. The number of carbonyl (C=O) groups excluding carboxylic acids is 3. The van der Waals surface area contributed by atoms with Gasteiger partial charge in [0.1, 0.15) is 5.71 Å². The molecule has 0 heterocycles. The van der Waals surface area contributed by atoms with Crippen LogP contribution in [0, 0.1) is 0 Å². The molecule has 0 saturated heterocycles. The number of ether oxygens (including phenoxy) is 1. The van der Waals surface area contributed by atoms with E-state index in [9.17, 15) is 14.4 Å². The quantitative estimate of drug-likeness (QED) is 0.367. The van der Waals surface area contributed by atoms with Gasteiger partial charge in [0.15, 0.2) is 0 Å². The fraction of sp³-hybridized carbons (Fsp3) is 0.231. The Hall–Kier alpha value is -2.70. The Morgan fingerprint density at radius 2 is 1.85 bits per heavy atom. The van der Waals surface area contributed by atoms with Gasteiger partial charge in [-0.1, -0.05) is 18.2 Å². The highest BCUT2D eigenvalue weighted by molar-refractivity contribution is 6.63. The SMILES string of the molecule is CCOC(=O)C(=O)/C(C)=N/NC(=O)Nc1ccccc1. The standard InChI is InChI=1S/C13H15N3O4/c1-3-20-12(18)11(17)9(2)15-16-13(19)14-10-7-5-4-6-8-10/h4-8H,3H2,1-2H3,(H2,14,16,19)/b15-9+. The highest BCUT2D eigenvalue weighted by Crippen LogP contribution is 2.03. The second kappa shape index (κ2) is 7.67. The van der Waals surface area contributed by atoms with Crippen LogP contribution in [-0.4, -0.2) is 30.1 Å². The molecular weight excluding hydrogens is 262 g/mol. The molecule has 0 aromatic heterocycles. The average Bonchev–Trinajstić information content (AvgIpc) is 2.45. The van der Waals surface area contributed by atoms with Crippen LogP contribution in [0.4, 0.5) is 10.5 Å². The van der Waals surface area contributed by atoms with Crippen LogP contribution in [0.1, 0.15) is 13.8 Å². The molecule has 2 amide bonds. The number of carbonyl (C=O) groups is 3. The number of esters is 1. The number of nitrogens with zero attached hydrogens (tertiary/aromatic N) is 1. The lowest BCUT2D eigenvalue weighted by atomic mass is 10.3. The number of hydrogen-bond donors (Lipinski definition) is 2. The van der Waals surface area contributed by atoms with Crippen molar-refractivity contribution in [1.29, 1.82) is 0 Å². The number of rotatable bonds is 5. The zero-order valence-electron chi connectivity index (χ0n) is 11.2. The second-order valence-electron chi connectivity index (χ2n) is 3.68. The van der Waals surface area contributed by atoms with Gasteiger partial charge in [-0.15, -0.1) is 0 Å². The number of hydrazone groups is 1. The number of ketones is 1. The molecule has 106 valence electrons. The smallest absolute Gasteiger partial charge is 0.381 e. The van der Waals surface area contributed by atoms with Crippen LogP contribution in [0.2, 0.25) is 0 Å². The van der Waals surface area contributed by atoms with Gasteiger partial charge in [-0.2, -0.15) is 5.10 Å². The summed E-state index contributed by atoms with van der Waals surface area (Å²) in [5.41, 5.74) is 2.54. The van der Waals surface area contributed by atoms with Crippen LogP contribution in [0.5, 0.6) is 0 Å². The van der Waals surface area contributed by atoms with Gasteiger partial charge in [0, 0.05) is 5.69 Å². The Morgan fingerprint density at radius 1 is 1.20 bits per heavy atom. The van der Waals surface area contributed by atoms with Crippen LogP contribution < -0.4 is 10.7 Å². The molecule has 0 aliphatic rings. The minimum absolute atomic E-state index is 0.0970. The van der Waals surface area contributed by atoms with E-state index in [0.29, 0.717) is 5.69 Å². The fourth-order valence-corrected chi connectivity index (χ4v) is 1.21. The number of nitrogens with one attached hydrogen (secondary N) is 2. The van der Waals surface area contributed by atoms with Crippen molar-refractivity contribution < 1.29 is 19.1 Å². The molecule has 7 heteroatoms. The molecule has 0 saturated carbocycles. The maximum atomic E-state index is 11.5. The van der Waals surface area contributed by atoms with Crippen LogP contribution in [0.3, 0.4) is 0 Å². The molecule has 1 rings (SSSR count). The van der Waals surface area contributed by atoms with Crippen molar-refractivity contribution in [2.75, 3.05) is 11.9 Å². The molecule has 2 N–H and O–H groups in total. The summed E-state index contributed by atoms with van der Waals surface area (Å²) < 4.78 is 4.53. The largest absolute Gasteiger partial charge is 0.460 e. The lowest BCUT2D eigenvalue weighted by Gasteiger charge is -2.04. The summed E-state index contributed by atoms with van der Waals surface area (Å²) in [5.74, 6) is -1.90. The number of hydrogen-bond acceptors (Lipinski definition) is 5. The predicted octanol–water partition coefficient (Wildman–Crippen LogP) is 1.32.